The molecule has 4 nitrogen and oxygen atoms in total. The molecule has 2 rings (SSSR count). The normalized spacial score (nSPS) is 38.6. The first-order chi connectivity index (χ1) is 6.76. The molecule has 0 aromatic rings. The molecule has 0 unspecified atom stereocenters. The molecule has 2 saturated carbocycles. The number of aliphatic hydroxyl groups is 4. The van der Waals surface area contributed by atoms with Crippen molar-refractivity contribution in [3.63, 3.8) is 0 Å². The SMILES string of the molecule is OC[C@@H]1C[C@@H]1CO.OC[C@@H]1C[C@@H]1CO. The molecule has 2 fully saturated rings. The monoisotopic (exact) mass is 204 g/mol. The summed E-state index contributed by atoms with van der Waals surface area (Å²) in [5, 5.41) is 33.6. The molecule has 4 atom stereocenters. The van der Waals surface area contributed by atoms with E-state index in [0.29, 0.717) is 23.7 Å². The van der Waals surface area contributed by atoms with Gasteiger partial charge in [0.25, 0.3) is 0 Å². The Balaban J connectivity index is 0.000000140. The predicted octanol–water partition coefficient (Wildman–Crippen LogP) is -0.786. The van der Waals surface area contributed by atoms with E-state index in [4.69, 9.17) is 20.4 Å². The first-order valence-electron chi connectivity index (χ1n) is 5.20. The van der Waals surface area contributed by atoms with Crippen molar-refractivity contribution in [3.05, 3.63) is 0 Å². The summed E-state index contributed by atoms with van der Waals surface area (Å²) in [6, 6.07) is 0. The number of aliphatic hydroxyl groups excluding tert-OH is 4. The molecule has 4 heteroatoms. The lowest BCUT2D eigenvalue weighted by Crippen LogP contribution is -1.91. The van der Waals surface area contributed by atoms with Crippen LogP contribution in [-0.4, -0.2) is 46.9 Å². The van der Waals surface area contributed by atoms with Crippen LogP contribution < -0.4 is 0 Å². The van der Waals surface area contributed by atoms with Crippen molar-refractivity contribution in [2.75, 3.05) is 26.4 Å². The maximum atomic E-state index is 8.40. The highest BCUT2D eigenvalue weighted by atomic mass is 16.3. The summed E-state index contributed by atoms with van der Waals surface area (Å²) in [6.45, 7) is 1.02. The standard InChI is InChI=1S/2C5H10O2/c2*6-2-4-1-5(4)3-7/h2*4-7H,1-3H2/t2*4-,5+. The van der Waals surface area contributed by atoms with Crippen molar-refractivity contribution in [2.45, 2.75) is 12.8 Å². The Morgan fingerprint density at radius 3 is 0.857 bits per heavy atom. The van der Waals surface area contributed by atoms with Gasteiger partial charge < -0.3 is 20.4 Å². The minimum Gasteiger partial charge on any atom is -0.396 e. The Labute approximate surface area is 84.2 Å². The third kappa shape index (κ3) is 3.53. The molecule has 0 aromatic carbocycles. The Hall–Kier alpha value is -0.160. The van der Waals surface area contributed by atoms with E-state index in [1.54, 1.807) is 0 Å². The van der Waals surface area contributed by atoms with Gasteiger partial charge in [-0.25, -0.2) is 0 Å². The molecule has 0 saturated heterocycles. The predicted molar refractivity (Wildman–Crippen MR) is 51.5 cm³/mol. The molecule has 2 aliphatic rings. The van der Waals surface area contributed by atoms with Crippen LogP contribution in [0.3, 0.4) is 0 Å². The molecule has 0 heterocycles. The molecule has 0 bridgehead atoms. The van der Waals surface area contributed by atoms with Crippen molar-refractivity contribution in [1.29, 1.82) is 0 Å². The van der Waals surface area contributed by atoms with Crippen LogP contribution >= 0.6 is 0 Å². The highest BCUT2D eigenvalue weighted by Gasteiger charge is 2.35. The molecule has 84 valence electrons. The first-order valence-corrected chi connectivity index (χ1v) is 5.20. The van der Waals surface area contributed by atoms with Gasteiger partial charge in [0.15, 0.2) is 0 Å². The summed E-state index contributed by atoms with van der Waals surface area (Å²) in [5.74, 6) is 1.69. The second kappa shape index (κ2) is 5.66. The van der Waals surface area contributed by atoms with Crippen molar-refractivity contribution in [2.24, 2.45) is 23.7 Å². The molecule has 14 heavy (non-hydrogen) atoms. The summed E-state index contributed by atoms with van der Waals surface area (Å²) < 4.78 is 0. The van der Waals surface area contributed by atoms with Crippen LogP contribution in [-0.2, 0) is 0 Å². The van der Waals surface area contributed by atoms with Gasteiger partial charge in [-0.3, -0.25) is 0 Å². The van der Waals surface area contributed by atoms with Crippen LogP contribution in [0.4, 0.5) is 0 Å². The highest BCUT2D eigenvalue weighted by Crippen LogP contribution is 2.37. The quantitative estimate of drug-likeness (QED) is 0.484. The van der Waals surface area contributed by atoms with Gasteiger partial charge in [-0.05, 0) is 36.5 Å². The Morgan fingerprint density at radius 1 is 0.571 bits per heavy atom. The van der Waals surface area contributed by atoms with Gasteiger partial charge in [0.05, 0.1) is 0 Å². The second-order valence-electron chi connectivity index (χ2n) is 4.24. The van der Waals surface area contributed by atoms with E-state index in [1.807, 2.05) is 0 Å². The molecule has 0 radical (unpaired) electrons. The molecular formula is C10H20O4. The minimum absolute atomic E-state index is 0.255. The summed E-state index contributed by atoms with van der Waals surface area (Å²) in [4.78, 5) is 0. The molecule has 2 aliphatic carbocycles. The minimum atomic E-state index is 0.255. The molecular weight excluding hydrogens is 184 g/mol. The largest absolute Gasteiger partial charge is 0.396 e. The van der Waals surface area contributed by atoms with Crippen LogP contribution in [0.15, 0.2) is 0 Å². The number of hydrogen-bond acceptors (Lipinski definition) is 4. The zero-order valence-corrected chi connectivity index (χ0v) is 8.34. The van der Waals surface area contributed by atoms with Crippen LogP contribution in [0.5, 0.6) is 0 Å². The number of hydrogen-bond donors (Lipinski definition) is 4. The van der Waals surface area contributed by atoms with Gasteiger partial charge >= 0.3 is 0 Å². The molecule has 0 aromatic heterocycles. The van der Waals surface area contributed by atoms with Gasteiger partial charge in [0.1, 0.15) is 0 Å². The van der Waals surface area contributed by atoms with Crippen molar-refractivity contribution < 1.29 is 20.4 Å². The van der Waals surface area contributed by atoms with Crippen LogP contribution in [0.2, 0.25) is 0 Å². The van der Waals surface area contributed by atoms with Crippen molar-refractivity contribution in [1.82, 2.24) is 0 Å². The lowest BCUT2D eigenvalue weighted by Gasteiger charge is -1.84. The smallest absolute Gasteiger partial charge is 0.0462 e. The van der Waals surface area contributed by atoms with Gasteiger partial charge in [0, 0.05) is 26.4 Å². The van der Waals surface area contributed by atoms with E-state index < -0.39 is 0 Å². The lowest BCUT2D eigenvalue weighted by molar-refractivity contribution is 0.232. The van der Waals surface area contributed by atoms with E-state index in [2.05, 4.69) is 0 Å². The van der Waals surface area contributed by atoms with Crippen LogP contribution in [0.25, 0.3) is 0 Å². The van der Waals surface area contributed by atoms with Gasteiger partial charge in [0.2, 0.25) is 0 Å². The van der Waals surface area contributed by atoms with E-state index >= 15 is 0 Å². The number of rotatable bonds is 4. The third-order valence-electron chi connectivity index (χ3n) is 3.08. The Kier molecular flexibility index (Phi) is 4.81. The molecule has 4 N–H and O–H groups in total. The third-order valence-corrected chi connectivity index (χ3v) is 3.08. The maximum Gasteiger partial charge on any atom is 0.0462 e. The Morgan fingerprint density at radius 2 is 0.786 bits per heavy atom. The average Bonchev–Trinajstić information content (AvgIpc) is 3.12. The highest BCUT2D eigenvalue weighted by molar-refractivity contribution is 4.84. The molecule has 0 amide bonds. The first kappa shape index (κ1) is 11.9. The summed E-state index contributed by atoms with van der Waals surface area (Å²) in [5.41, 5.74) is 0. The lowest BCUT2D eigenvalue weighted by atomic mass is 10.3. The fraction of sp³-hybridized carbons (Fsp3) is 1.00. The fourth-order valence-corrected chi connectivity index (χ4v) is 1.52. The van der Waals surface area contributed by atoms with E-state index in [-0.39, 0.29) is 26.4 Å². The maximum absolute atomic E-state index is 8.40. The fourth-order valence-electron chi connectivity index (χ4n) is 1.52. The van der Waals surface area contributed by atoms with E-state index in [9.17, 15) is 0 Å². The summed E-state index contributed by atoms with van der Waals surface area (Å²) in [6.07, 6.45) is 2.04. The van der Waals surface area contributed by atoms with Crippen molar-refractivity contribution >= 4 is 0 Å². The van der Waals surface area contributed by atoms with E-state index in [1.165, 1.54) is 0 Å². The average molecular weight is 204 g/mol. The zero-order valence-electron chi connectivity index (χ0n) is 8.34. The van der Waals surface area contributed by atoms with Crippen LogP contribution in [0.1, 0.15) is 12.8 Å². The van der Waals surface area contributed by atoms with Crippen LogP contribution in [0, 0.1) is 23.7 Å². The summed E-state index contributed by atoms with van der Waals surface area (Å²) in [7, 11) is 0. The van der Waals surface area contributed by atoms with E-state index in [0.717, 1.165) is 12.8 Å². The van der Waals surface area contributed by atoms with Gasteiger partial charge in [-0.1, -0.05) is 0 Å². The second-order valence-corrected chi connectivity index (χ2v) is 4.24. The Bertz CT molecular complexity index is 128. The topological polar surface area (TPSA) is 80.9 Å². The van der Waals surface area contributed by atoms with Gasteiger partial charge in [-0.15, -0.1) is 0 Å². The van der Waals surface area contributed by atoms with Crippen molar-refractivity contribution in [3.8, 4) is 0 Å². The van der Waals surface area contributed by atoms with Gasteiger partial charge in [-0.2, -0.15) is 0 Å². The molecule has 0 spiro atoms. The summed E-state index contributed by atoms with van der Waals surface area (Å²) >= 11 is 0. The molecule has 0 aliphatic heterocycles. The zero-order chi connectivity index (χ0) is 10.6.